The monoisotopic (exact) mass is 375 g/mol. The Morgan fingerprint density at radius 3 is 2.77 bits per heavy atom. The fourth-order valence-corrected chi connectivity index (χ4v) is 3.60. The molecule has 8 heteroatoms. The Morgan fingerprint density at radius 2 is 2.14 bits per heavy atom. The van der Waals surface area contributed by atoms with Gasteiger partial charge in [0.25, 0.3) is 5.91 Å². The summed E-state index contributed by atoms with van der Waals surface area (Å²) in [6, 6.07) is 5.01. The van der Waals surface area contributed by atoms with Crippen molar-refractivity contribution in [3.8, 4) is 0 Å². The number of aliphatic carboxylic acids is 1. The van der Waals surface area contributed by atoms with Crippen LogP contribution in [0.5, 0.6) is 0 Å². The number of nitrogens with zero attached hydrogens (tertiary/aromatic N) is 1. The lowest BCUT2D eigenvalue weighted by molar-refractivity contribution is -0.137. The molecule has 0 aromatic heterocycles. The van der Waals surface area contributed by atoms with Gasteiger partial charge in [-0.15, -0.1) is 0 Å². The highest BCUT2D eigenvalue weighted by Crippen LogP contribution is 2.34. The molecule has 0 aliphatic carbocycles. The van der Waals surface area contributed by atoms with Crippen molar-refractivity contribution in [2.45, 2.75) is 12.8 Å². The smallest absolute Gasteiger partial charge is 0.303 e. The summed E-state index contributed by atoms with van der Waals surface area (Å²) in [7, 11) is 0. The van der Waals surface area contributed by atoms with E-state index in [0.29, 0.717) is 37.8 Å². The second kappa shape index (κ2) is 7.46. The van der Waals surface area contributed by atoms with Crippen molar-refractivity contribution in [2.75, 3.05) is 6.54 Å². The molecule has 0 saturated carbocycles. The van der Waals surface area contributed by atoms with Crippen LogP contribution in [-0.4, -0.2) is 32.7 Å². The van der Waals surface area contributed by atoms with Gasteiger partial charge in [0.15, 0.2) is 0 Å². The van der Waals surface area contributed by atoms with Crippen LogP contribution < -0.4 is 0 Å². The van der Waals surface area contributed by atoms with Crippen LogP contribution in [0.1, 0.15) is 18.4 Å². The summed E-state index contributed by atoms with van der Waals surface area (Å²) < 4.78 is 0.423. The predicted molar refractivity (Wildman–Crippen MR) is 93.2 cm³/mol. The van der Waals surface area contributed by atoms with Crippen LogP contribution in [0.15, 0.2) is 23.1 Å². The van der Waals surface area contributed by atoms with Gasteiger partial charge in [-0.2, -0.15) is 0 Å². The normalized spacial score (nSPS) is 16.6. The fourth-order valence-electron chi connectivity index (χ4n) is 1.84. The molecule has 1 aliphatic heterocycles. The number of benzene rings is 1. The minimum absolute atomic E-state index is 0.000873. The SMILES string of the molecule is O=C(O)CCCN1C(=O)/C(=C/c2ccc(Cl)cc2Cl)SC1=S. The van der Waals surface area contributed by atoms with Gasteiger partial charge in [-0.3, -0.25) is 14.5 Å². The number of rotatable bonds is 5. The Hall–Kier alpha value is -1.08. The van der Waals surface area contributed by atoms with Crippen molar-refractivity contribution in [1.29, 1.82) is 0 Å². The number of carboxylic acids is 1. The van der Waals surface area contributed by atoms with Crippen molar-refractivity contribution in [2.24, 2.45) is 0 Å². The number of carboxylic acid groups (broad SMARTS) is 1. The minimum Gasteiger partial charge on any atom is -0.481 e. The number of thiocarbonyl (C=S) groups is 1. The zero-order valence-electron chi connectivity index (χ0n) is 11.2. The second-order valence-electron chi connectivity index (χ2n) is 4.50. The van der Waals surface area contributed by atoms with Gasteiger partial charge in [-0.05, 0) is 30.2 Å². The topological polar surface area (TPSA) is 57.6 Å². The third kappa shape index (κ3) is 4.23. The number of hydrogen-bond donors (Lipinski definition) is 1. The van der Waals surface area contributed by atoms with Gasteiger partial charge >= 0.3 is 5.97 Å². The third-order valence-corrected chi connectivity index (χ3v) is 4.84. The highest BCUT2D eigenvalue weighted by Gasteiger charge is 2.31. The zero-order valence-corrected chi connectivity index (χ0v) is 14.4. The molecule has 1 aromatic rings. The van der Waals surface area contributed by atoms with Crippen LogP contribution in [0.25, 0.3) is 6.08 Å². The van der Waals surface area contributed by atoms with Crippen molar-refractivity contribution in [3.63, 3.8) is 0 Å². The van der Waals surface area contributed by atoms with Gasteiger partial charge in [0.1, 0.15) is 4.32 Å². The average Bonchev–Trinajstić information content (AvgIpc) is 2.69. The third-order valence-electron chi connectivity index (χ3n) is 2.90. The maximum Gasteiger partial charge on any atom is 0.303 e. The Kier molecular flexibility index (Phi) is 5.86. The predicted octanol–water partition coefficient (Wildman–Crippen LogP) is 4.06. The molecule has 4 nitrogen and oxygen atoms in total. The van der Waals surface area contributed by atoms with Crippen LogP contribution in [0.4, 0.5) is 0 Å². The number of halogens is 2. The molecule has 1 N–H and O–H groups in total. The molecule has 0 spiro atoms. The standard InChI is InChI=1S/C14H11Cl2NO3S2/c15-9-4-3-8(10(16)7-9)6-11-13(20)17(14(21)22-11)5-1-2-12(18)19/h3-4,6-7H,1-2,5H2,(H,18,19)/b11-6-. The fraction of sp³-hybridized carbons (Fsp3) is 0.214. The largest absolute Gasteiger partial charge is 0.481 e. The lowest BCUT2D eigenvalue weighted by atomic mass is 10.2. The van der Waals surface area contributed by atoms with Gasteiger partial charge in [0.2, 0.25) is 0 Å². The number of hydrogen-bond acceptors (Lipinski definition) is 4. The van der Waals surface area contributed by atoms with Crippen LogP contribution in [-0.2, 0) is 9.59 Å². The van der Waals surface area contributed by atoms with E-state index >= 15 is 0 Å². The molecular formula is C14H11Cl2NO3S2. The molecule has 1 fully saturated rings. The first kappa shape index (κ1) is 17.3. The van der Waals surface area contributed by atoms with Gasteiger partial charge in [-0.1, -0.05) is 53.2 Å². The molecule has 0 radical (unpaired) electrons. The Labute approximate surface area is 147 Å². The van der Waals surface area contributed by atoms with E-state index in [0.717, 1.165) is 0 Å². The van der Waals surface area contributed by atoms with Gasteiger partial charge in [0.05, 0.1) is 4.91 Å². The Morgan fingerprint density at radius 1 is 1.41 bits per heavy atom. The number of carbonyl (C=O) groups excluding carboxylic acids is 1. The lowest BCUT2D eigenvalue weighted by Crippen LogP contribution is -2.29. The van der Waals surface area contributed by atoms with E-state index in [1.807, 2.05) is 0 Å². The number of thioether (sulfide) groups is 1. The van der Waals surface area contributed by atoms with E-state index in [1.54, 1.807) is 24.3 Å². The van der Waals surface area contributed by atoms with Crippen LogP contribution in [0.3, 0.4) is 0 Å². The molecule has 1 heterocycles. The van der Waals surface area contributed by atoms with Gasteiger partial charge in [-0.25, -0.2) is 0 Å². The number of amides is 1. The number of carbonyl (C=O) groups is 2. The summed E-state index contributed by atoms with van der Waals surface area (Å²) in [4.78, 5) is 24.7. The lowest BCUT2D eigenvalue weighted by Gasteiger charge is -2.13. The first-order chi connectivity index (χ1) is 10.4. The second-order valence-corrected chi connectivity index (χ2v) is 7.02. The molecule has 22 heavy (non-hydrogen) atoms. The first-order valence-corrected chi connectivity index (χ1v) is 8.29. The van der Waals surface area contributed by atoms with Gasteiger partial charge in [0, 0.05) is 23.0 Å². The van der Waals surface area contributed by atoms with Crippen molar-refractivity contribution < 1.29 is 14.7 Å². The van der Waals surface area contributed by atoms with Crippen LogP contribution in [0, 0.1) is 0 Å². The van der Waals surface area contributed by atoms with E-state index < -0.39 is 5.97 Å². The minimum atomic E-state index is -0.895. The van der Waals surface area contributed by atoms with Gasteiger partial charge < -0.3 is 5.11 Å². The van der Waals surface area contributed by atoms with Crippen molar-refractivity contribution >= 4 is 69.5 Å². The summed E-state index contributed by atoms with van der Waals surface area (Å²) >= 11 is 18.3. The van der Waals surface area contributed by atoms with E-state index in [1.165, 1.54) is 16.7 Å². The van der Waals surface area contributed by atoms with E-state index in [-0.39, 0.29) is 12.3 Å². The maximum absolute atomic E-state index is 12.3. The molecule has 1 saturated heterocycles. The highest BCUT2D eigenvalue weighted by molar-refractivity contribution is 8.26. The van der Waals surface area contributed by atoms with E-state index in [2.05, 4.69) is 0 Å². The molecule has 2 rings (SSSR count). The van der Waals surface area contributed by atoms with Crippen molar-refractivity contribution in [1.82, 2.24) is 4.90 Å². The average molecular weight is 376 g/mol. The molecule has 1 aromatic carbocycles. The molecule has 1 amide bonds. The molecular weight excluding hydrogens is 365 g/mol. The zero-order chi connectivity index (χ0) is 16.3. The summed E-state index contributed by atoms with van der Waals surface area (Å²) in [6.07, 6.45) is 2.02. The summed E-state index contributed by atoms with van der Waals surface area (Å²) in [6.45, 7) is 0.294. The maximum atomic E-state index is 12.3. The Balaban J connectivity index is 2.13. The summed E-state index contributed by atoms with van der Waals surface area (Å²) in [5.41, 5.74) is 0.678. The molecule has 116 valence electrons. The summed E-state index contributed by atoms with van der Waals surface area (Å²) in [5, 5.41) is 9.61. The molecule has 1 aliphatic rings. The quantitative estimate of drug-likeness (QED) is 0.621. The molecule has 0 bridgehead atoms. The van der Waals surface area contributed by atoms with Crippen molar-refractivity contribution in [3.05, 3.63) is 38.7 Å². The highest BCUT2D eigenvalue weighted by atomic mass is 35.5. The van der Waals surface area contributed by atoms with Crippen LogP contribution >= 0.6 is 47.2 Å². The molecule has 0 atom stereocenters. The first-order valence-electron chi connectivity index (χ1n) is 6.30. The van der Waals surface area contributed by atoms with E-state index in [9.17, 15) is 9.59 Å². The summed E-state index contributed by atoms with van der Waals surface area (Å²) in [5.74, 6) is -1.12. The van der Waals surface area contributed by atoms with E-state index in [4.69, 9.17) is 40.5 Å². The Bertz CT molecular complexity index is 676. The molecule has 0 unspecified atom stereocenters. The van der Waals surface area contributed by atoms with Crippen LogP contribution in [0.2, 0.25) is 10.0 Å².